The molecule has 1 atom stereocenters. The van der Waals surface area contributed by atoms with Crippen LogP contribution in [0.4, 0.5) is 0 Å². The SMILES string of the molecule is Cc1c(C(=O)NCC2CCCO2)ccn1CC(C)C. The lowest BCUT2D eigenvalue weighted by Crippen LogP contribution is -2.32. The molecule has 1 amide bonds. The van der Waals surface area contributed by atoms with Crippen LogP contribution in [-0.2, 0) is 11.3 Å². The van der Waals surface area contributed by atoms with E-state index >= 15 is 0 Å². The molecule has 1 N–H and O–H groups in total. The summed E-state index contributed by atoms with van der Waals surface area (Å²) >= 11 is 0. The van der Waals surface area contributed by atoms with Gasteiger partial charge in [-0.15, -0.1) is 0 Å². The second-order valence-electron chi connectivity index (χ2n) is 5.71. The van der Waals surface area contributed by atoms with Crippen molar-refractivity contribution in [3.05, 3.63) is 23.5 Å². The van der Waals surface area contributed by atoms with Crippen molar-refractivity contribution >= 4 is 5.91 Å². The van der Waals surface area contributed by atoms with Crippen molar-refractivity contribution in [2.24, 2.45) is 5.92 Å². The molecule has 106 valence electrons. The Labute approximate surface area is 115 Å². The van der Waals surface area contributed by atoms with Crippen molar-refractivity contribution in [2.75, 3.05) is 13.2 Å². The Bertz CT molecular complexity index is 431. The van der Waals surface area contributed by atoms with Gasteiger partial charge in [0, 0.05) is 31.6 Å². The van der Waals surface area contributed by atoms with Crippen molar-refractivity contribution < 1.29 is 9.53 Å². The zero-order valence-electron chi connectivity index (χ0n) is 12.1. The zero-order valence-corrected chi connectivity index (χ0v) is 12.1. The highest BCUT2D eigenvalue weighted by Crippen LogP contribution is 2.14. The fourth-order valence-electron chi connectivity index (χ4n) is 2.49. The highest BCUT2D eigenvalue weighted by atomic mass is 16.5. The van der Waals surface area contributed by atoms with Gasteiger partial charge in [-0.2, -0.15) is 0 Å². The number of nitrogens with zero attached hydrogens (tertiary/aromatic N) is 1. The molecule has 1 fully saturated rings. The maximum absolute atomic E-state index is 12.1. The summed E-state index contributed by atoms with van der Waals surface area (Å²) in [6, 6.07) is 1.91. The third kappa shape index (κ3) is 3.60. The quantitative estimate of drug-likeness (QED) is 0.887. The van der Waals surface area contributed by atoms with E-state index in [-0.39, 0.29) is 12.0 Å². The lowest BCUT2D eigenvalue weighted by Gasteiger charge is -2.12. The molecular formula is C15H24N2O2. The summed E-state index contributed by atoms with van der Waals surface area (Å²) < 4.78 is 7.65. The Balaban J connectivity index is 1.93. The fourth-order valence-corrected chi connectivity index (χ4v) is 2.49. The molecule has 0 radical (unpaired) electrons. The minimum absolute atomic E-state index is 0.00973. The fraction of sp³-hybridized carbons (Fsp3) is 0.667. The highest BCUT2D eigenvalue weighted by molar-refractivity contribution is 5.95. The van der Waals surface area contributed by atoms with Crippen molar-refractivity contribution in [3.63, 3.8) is 0 Å². The molecule has 2 heterocycles. The van der Waals surface area contributed by atoms with Gasteiger partial charge in [0.15, 0.2) is 0 Å². The van der Waals surface area contributed by atoms with E-state index in [1.54, 1.807) is 0 Å². The van der Waals surface area contributed by atoms with E-state index in [0.29, 0.717) is 12.5 Å². The van der Waals surface area contributed by atoms with Gasteiger partial charge in [-0.25, -0.2) is 0 Å². The van der Waals surface area contributed by atoms with Gasteiger partial charge in [-0.05, 0) is 31.7 Å². The van der Waals surface area contributed by atoms with E-state index in [4.69, 9.17) is 4.74 Å². The van der Waals surface area contributed by atoms with Gasteiger partial charge in [-0.1, -0.05) is 13.8 Å². The molecule has 0 aromatic carbocycles. The van der Waals surface area contributed by atoms with Gasteiger partial charge in [-0.3, -0.25) is 4.79 Å². The van der Waals surface area contributed by atoms with Crippen molar-refractivity contribution in [1.82, 2.24) is 9.88 Å². The zero-order chi connectivity index (χ0) is 13.8. The van der Waals surface area contributed by atoms with E-state index < -0.39 is 0 Å². The first-order valence-electron chi connectivity index (χ1n) is 7.13. The van der Waals surface area contributed by atoms with Gasteiger partial charge in [0.25, 0.3) is 5.91 Å². The van der Waals surface area contributed by atoms with Crippen LogP contribution in [0.5, 0.6) is 0 Å². The van der Waals surface area contributed by atoms with Crippen LogP contribution in [0, 0.1) is 12.8 Å². The molecule has 0 saturated carbocycles. The first-order valence-corrected chi connectivity index (χ1v) is 7.13. The second kappa shape index (κ2) is 6.24. The highest BCUT2D eigenvalue weighted by Gasteiger charge is 2.18. The first kappa shape index (κ1) is 14.1. The summed E-state index contributed by atoms with van der Waals surface area (Å²) in [5.74, 6) is 0.587. The van der Waals surface area contributed by atoms with Crippen LogP contribution in [0.3, 0.4) is 0 Å². The number of nitrogens with one attached hydrogen (secondary N) is 1. The van der Waals surface area contributed by atoms with Crippen LogP contribution in [0.25, 0.3) is 0 Å². The summed E-state index contributed by atoms with van der Waals surface area (Å²) in [6.07, 6.45) is 4.34. The molecule has 0 bridgehead atoms. The largest absolute Gasteiger partial charge is 0.376 e. The molecule has 0 spiro atoms. The van der Waals surface area contributed by atoms with Crippen LogP contribution < -0.4 is 5.32 Å². The molecule has 1 unspecified atom stereocenters. The Morgan fingerprint density at radius 3 is 3.00 bits per heavy atom. The lowest BCUT2D eigenvalue weighted by molar-refractivity contribution is 0.0857. The summed E-state index contributed by atoms with van der Waals surface area (Å²) in [6.45, 7) is 8.75. The Hall–Kier alpha value is -1.29. The van der Waals surface area contributed by atoms with E-state index in [9.17, 15) is 4.79 Å². The van der Waals surface area contributed by atoms with Crippen LogP contribution in [-0.4, -0.2) is 29.7 Å². The van der Waals surface area contributed by atoms with Crippen molar-refractivity contribution in [3.8, 4) is 0 Å². The predicted molar refractivity (Wildman–Crippen MR) is 75.3 cm³/mol. The summed E-state index contributed by atoms with van der Waals surface area (Å²) in [5.41, 5.74) is 1.82. The molecule has 4 heteroatoms. The third-order valence-corrected chi connectivity index (χ3v) is 3.56. The lowest BCUT2D eigenvalue weighted by atomic mass is 10.2. The number of carbonyl (C=O) groups is 1. The molecule has 2 rings (SSSR count). The number of amides is 1. The minimum Gasteiger partial charge on any atom is -0.376 e. The number of ether oxygens (including phenoxy) is 1. The number of rotatable bonds is 5. The smallest absolute Gasteiger partial charge is 0.253 e. The van der Waals surface area contributed by atoms with Crippen LogP contribution in [0.2, 0.25) is 0 Å². The van der Waals surface area contributed by atoms with Gasteiger partial charge in [0.2, 0.25) is 0 Å². The molecule has 1 saturated heterocycles. The Kier molecular flexibility index (Phi) is 4.64. The molecule has 0 aliphatic carbocycles. The predicted octanol–water partition coefficient (Wildman–Crippen LogP) is 2.36. The molecule has 4 nitrogen and oxygen atoms in total. The van der Waals surface area contributed by atoms with E-state index in [2.05, 4.69) is 23.7 Å². The molecule has 19 heavy (non-hydrogen) atoms. The number of carbonyl (C=O) groups excluding carboxylic acids is 1. The first-order chi connectivity index (χ1) is 9.08. The average Bonchev–Trinajstić information content (AvgIpc) is 2.97. The number of hydrogen-bond acceptors (Lipinski definition) is 2. The van der Waals surface area contributed by atoms with Gasteiger partial charge < -0.3 is 14.6 Å². The van der Waals surface area contributed by atoms with Crippen LogP contribution in [0.15, 0.2) is 12.3 Å². The van der Waals surface area contributed by atoms with Crippen LogP contribution >= 0.6 is 0 Å². The summed E-state index contributed by atoms with van der Waals surface area (Å²) in [5, 5.41) is 2.97. The van der Waals surface area contributed by atoms with E-state index in [1.807, 2.05) is 19.2 Å². The third-order valence-electron chi connectivity index (χ3n) is 3.56. The standard InChI is InChI=1S/C15H24N2O2/c1-11(2)10-17-7-6-14(12(17)3)15(18)16-9-13-5-4-8-19-13/h6-7,11,13H,4-5,8-10H2,1-3H3,(H,16,18). The molecule has 1 aliphatic heterocycles. The molecule has 1 aliphatic rings. The molecule has 1 aromatic heterocycles. The van der Waals surface area contributed by atoms with Gasteiger partial charge in [0.1, 0.15) is 0 Å². The van der Waals surface area contributed by atoms with Crippen LogP contribution in [0.1, 0.15) is 42.7 Å². The Morgan fingerprint density at radius 2 is 2.37 bits per heavy atom. The number of hydrogen-bond donors (Lipinski definition) is 1. The summed E-state index contributed by atoms with van der Waals surface area (Å²) in [7, 11) is 0. The minimum atomic E-state index is 0.00973. The summed E-state index contributed by atoms with van der Waals surface area (Å²) in [4.78, 5) is 12.1. The van der Waals surface area contributed by atoms with Gasteiger partial charge >= 0.3 is 0 Å². The van der Waals surface area contributed by atoms with Crippen molar-refractivity contribution in [1.29, 1.82) is 0 Å². The second-order valence-corrected chi connectivity index (χ2v) is 5.71. The average molecular weight is 264 g/mol. The van der Waals surface area contributed by atoms with E-state index in [1.165, 1.54) is 0 Å². The van der Waals surface area contributed by atoms with Crippen molar-refractivity contribution in [2.45, 2.75) is 46.3 Å². The number of aromatic nitrogens is 1. The maximum Gasteiger partial charge on any atom is 0.253 e. The topological polar surface area (TPSA) is 43.3 Å². The normalized spacial score (nSPS) is 19.1. The van der Waals surface area contributed by atoms with E-state index in [0.717, 1.165) is 37.3 Å². The molecular weight excluding hydrogens is 240 g/mol. The Morgan fingerprint density at radius 1 is 1.58 bits per heavy atom. The monoisotopic (exact) mass is 264 g/mol. The molecule has 1 aromatic rings. The van der Waals surface area contributed by atoms with Gasteiger partial charge in [0.05, 0.1) is 11.7 Å². The maximum atomic E-state index is 12.1.